The van der Waals surface area contributed by atoms with Crippen LogP contribution in [0.2, 0.25) is 0 Å². The van der Waals surface area contributed by atoms with Gasteiger partial charge in [-0.2, -0.15) is 4.39 Å². The lowest BCUT2D eigenvalue weighted by Crippen LogP contribution is -2.63. The van der Waals surface area contributed by atoms with Gasteiger partial charge < -0.3 is 14.7 Å². The Hall–Kier alpha value is -4.21. The number of amides is 1. The first kappa shape index (κ1) is 23.5. The van der Waals surface area contributed by atoms with Crippen LogP contribution in [0.5, 0.6) is 11.5 Å². The first-order valence-corrected chi connectivity index (χ1v) is 11.6. The zero-order valence-corrected chi connectivity index (χ0v) is 19.3. The third-order valence-electron chi connectivity index (χ3n) is 6.62. The lowest BCUT2D eigenvalue weighted by Gasteiger charge is -2.52. The number of rotatable bonds is 7. The number of nitrogens with zero attached hydrogens (tertiary/aromatic N) is 4. The maximum absolute atomic E-state index is 13.9. The molecule has 2 aromatic heterocycles. The first-order chi connectivity index (χ1) is 17.4. The molecule has 1 aliphatic carbocycles. The number of hydrogen-bond donors (Lipinski definition) is 1. The van der Waals surface area contributed by atoms with E-state index in [9.17, 15) is 23.5 Å². The fourth-order valence-electron chi connectivity index (χ4n) is 4.59. The highest BCUT2D eigenvalue weighted by molar-refractivity contribution is 5.97. The molecular weight excluding hydrogens is 470 g/mol. The summed E-state index contributed by atoms with van der Waals surface area (Å²) in [6, 6.07) is 10.4. The molecule has 36 heavy (non-hydrogen) atoms. The van der Waals surface area contributed by atoms with Gasteiger partial charge in [0.15, 0.2) is 23.0 Å². The average Bonchev–Trinajstić information content (AvgIpc) is 2.85. The Bertz CT molecular complexity index is 1370. The van der Waals surface area contributed by atoms with Crippen molar-refractivity contribution in [2.45, 2.75) is 31.3 Å². The van der Waals surface area contributed by atoms with Crippen molar-refractivity contribution in [2.24, 2.45) is 0 Å². The number of hydrogen-bond acceptors (Lipinski definition) is 6. The molecule has 1 aromatic carbocycles. The molecule has 1 saturated carbocycles. The Morgan fingerprint density at radius 3 is 2.67 bits per heavy atom. The van der Waals surface area contributed by atoms with Gasteiger partial charge in [-0.3, -0.25) is 24.3 Å². The van der Waals surface area contributed by atoms with Crippen molar-refractivity contribution >= 4 is 5.91 Å². The third-order valence-corrected chi connectivity index (χ3v) is 6.62. The van der Waals surface area contributed by atoms with Crippen LogP contribution in [0, 0.1) is 11.6 Å². The number of ether oxygens (including phenoxy) is 1. The van der Waals surface area contributed by atoms with Crippen molar-refractivity contribution in [1.29, 1.82) is 0 Å². The predicted octanol–water partition coefficient (Wildman–Crippen LogP) is 3.34. The predicted molar refractivity (Wildman–Crippen MR) is 127 cm³/mol. The van der Waals surface area contributed by atoms with Crippen LogP contribution < -0.4 is 15.2 Å². The minimum absolute atomic E-state index is 0.0247. The van der Waals surface area contributed by atoms with E-state index >= 15 is 0 Å². The van der Waals surface area contributed by atoms with E-state index in [4.69, 9.17) is 4.74 Å². The van der Waals surface area contributed by atoms with E-state index in [1.807, 2.05) is 23.2 Å². The molecule has 1 amide bonds. The second-order valence-corrected chi connectivity index (χ2v) is 8.80. The number of carbonyl (C=O) groups excluding carboxylic acids is 1. The van der Waals surface area contributed by atoms with Crippen LogP contribution >= 0.6 is 0 Å². The zero-order valence-electron chi connectivity index (χ0n) is 19.3. The lowest BCUT2D eigenvalue weighted by molar-refractivity contribution is 0.0262. The number of pyridine rings is 2. The Morgan fingerprint density at radius 1 is 1.11 bits per heavy atom. The first-order valence-electron chi connectivity index (χ1n) is 11.6. The molecule has 1 N–H and O–H groups in total. The quantitative estimate of drug-likeness (QED) is 0.507. The van der Waals surface area contributed by atoms with Gasteiger partial charge in [0.05, 0.1) is 17.8 Å². The highest BCUT2D eigenvalue weighted by Crippen LogP contribution is 2.41. The van der Waals surface area contributed by atoms with Crippen molar-refractivity contribution in [3.05, 3.63) is 100 Å². The summed E-state index contributed by atoms with van der Waals surface area (Å²) in [5, 5.41) is 12.4. The summed E-state index contributed by atoms with van der Waals surface area (Å²) < 4.78 is 34.2. The molecule has 5 rings (SSSR count). The van der Waals surface area contributed by atoms with Crippen LogP contribution in [0.1, 0.15) is 35.4 Å². The van der Waals surface area contributed by atoms with Gasteiger partial charge in [0.1, 0.15) is 13.3 Å². The van der Waals surface area contributed by atoms with E-state index in [0.29, 0.717) is 19.4 Å². The summed E-state index contributed by atoms with van der Waals surface area (Å²) in [6.07, 6.45) is 8.85. The van der Waals surface area contributed by atoms with Gasteiger partial charge in [0, 0.05) is 18.5 Å². The molecule has 8 nitrogen and oxygen atoms in total. The second-order valence-electron chi connectivity index (χ2n) is 8.80. The number of halogens is 2. The molecule has 0 radical (unpaired) electrons. The van der Waals surface area contributed by atoms with Gasteiger partial charge in [-0.1, -0.05) is 18.2 Å². The van der Waals surface area contributed by atoms with Gasteiger partial charge in [-0.25, -0.2) is 4.39 Å². The van der Waals surface area contributed by atoms with Crippen molar-refractivity contribution in [3.63, 3.8) is 0 Å². The second kappa shape index (κ2) is 9.44. The zero-order chi connectivity index (χ0) is 25.3. The molecule has 0 spiro atoms. The van der Waals surface area contributed by atoms with E-state index < -0.39 is 34.3 Å². The topological polar surface area (TPSA) is 87.9 Å². The summed E-state index contributed by atoms with van der Waals surface area (Å²) in [5.74, 6) is -3.33. The van der Waals surface area contributed by atoms with Crippen LogP contribution in [-0.4, -0.2) is 44.4 Å². The van der Waals surface area contributed by atoms with Crippen LogP contribution in [0.15, 0.2) is 71.8 Å². The Morgan fingerprint density at radius 2 is 1.94 bits per heavy atom. The van der Waals surface area contributed by atoms with E-state index in [1.165, 1.54) is 29.1 Å². The fraction of sp³-hybridized carbons (Fsp3) is 0.269. The van der Waals surface area contributed by atoms with Crippen molar-refractivity contribution in [3.8, 4) is 11.5 Å². The van der Waals surface area contributed by atoms with Crippen molar-refractivity contribution in [1.82, 2.24) is 14.6 Å². The molecule has 0 saturated heterocycles. The molecular formula is C26H24F2N4O4. The van der Waals surface area contributed by atoms with Gasteiger partial charge >= 0.3 is 0 Å². The molecule has 10 heteroatoms. The molecule has 1 aliphatic heterocycles. The summed E-state index contributed by atoms with van der Waals surface area (Å²) in [5.41, 5.74) is -0.674. The molecule has 3 heterocycles. The summed E-state index contributed by atoms with van der Waals surface area (Å²) in [6.45, 7) is 0.499. The van der Waals surface area contributed by atoms with Crippen LogP contribution in [0.3, 0.4) is 0 Å². The number of aromatic hydroxyl groups is 1. The SMILES string of the molecule is O=C1c2c(O)c(=O)ccn2N(Cc2ccccn2)CN1C1(/C=C/COc2cccc(F)c2F)CCC1. The highest BCUT2D eigenvalue weighted by Gasteiger charge is 2.47. The van der Waals surface area contributed by atoms with Crippen LogP contribution in [0.25, 0.3) is 0 Å². The number of fused-ring (bicyclic) bond motifs is 1. The normalized spacial score (nSPS) is 16.7. The smallest absolute Gasteiger partial charge is 0.278 e. The van der Waals surface area contributed by atoms with Gasteiger partial charge in [0.2, 0.25) is 11.2 Å². The number of carbonyl (C=O) groups is 1. The third kappa shape index (κ3) is 4.19. The maximum Gasteiger partial charge on any atom is 0.278 e. The van der Waals surface area contributed by atoms with E-state index in [2.05, 4.69) is 4.98 Å². The maximum atomic E-state index is 13.9. The van der Waals surface area contributed by atoms with Crippen LogP contribution in [-0.2, 0) is 6.54 Å². The molecule has 0 unspecified atom stereocenters. The van der Waals surface area contributed by atoms with E-state index in [0.717, 1.165) is 18.2 Å². The minimum Gasteiger partial charge on any atom is -0.502 e. The Kier molecular flexibility index (Phi) is 6.17. The van der Waals surface area contributed by atoms with Gasteiger partial charge in [0.25, 0.3) is 5.91 Å². The molecule has 0 bridgehead atoms. The molecule has 0 atom stereocenters. The largest absolute Gasteiger partial charge is 0.502 e. The summed E-state index contributed by atoms with van der Waals surface area (Å²) in [7, 11) is 0. The van der Waals surface area contributed by atoms with Gasteiger partial charge in [-0.05, 0) is 49.6 Å². The highest BCUT2D eigenvalue weighted by atomic mass is 19.2. The summed E-state index contributed by atoms with van der Waals surface area (Å²) in [4.78, 5) is 31.7. The van der Waals surface area contributed by atoms with Crippen molar-refractivity contribution in [2.75, 3.05) is 18.3 Å². The average molecular weight is 494 g/mol. The number of benzene rings is 1. The Balaban J connectivity index is 1.42. The van der Waals surface area contributed by atoms with E-state index in [-0.39, 0.29) is 24.7 Å². The lowest BCUT2D eigenvalue weighted by atomic mass is 9.74. The summed E-state index contributed by atoms with van der Waals surface area (Å²) >= 11 is 0. The minimum atomic E-state index is -1.06. The molecule has 2 aliphatic rings. The standard InChI is InChI=1S/C26H24F2N4O4/c27-19-7-3-8-21(22(19)28)36-15-5-12-26(10-4-11-26)31-17-30(16-18-6-1-2-13-29-18)32-14-9-20(33)24(34)23(32)25(31)35/h1-3,5-9,12-14,34H,4,10-11,15-17H2/b12-5+. The monoisotopic (exact) mass is 494 g/mol. The molecule has 186 valence electrons. The fourth-order valence-corrected chi connectivity index (χ4v) is 4.59. The Labute approximate surface area is 205 Å². The molecule has 3 aromatic rings. The van der Waals surface area contributed by atoms with Crippen LogP contribution in [0.4, 0.5) is 8.78 Å². The molecule has 1 fully saturated rings. The number of aromatic nitrogens is 2. The van der Waals surface area contributed by atoms with Crippen molar-refractivity contribution < 1.29 is 23.4 Å². The van der Waals surface area contributed by atoms with E-state index in [1.54, 1.807) is 23.2 Å². The van der Waals surface area contributed by atoms with Gasteiger partial charge in [-0.15, -0.1) is 0 Å².